The van der Waals surface area contributed by atoms with Gasteiger partial charge in [-0.3, -0.25) is 10.1 Å². The molecule has 0 atom stereocenters. The van der Waals surface area contributed by atoms with Crippen LogP contribution in [0.15, 0.2) is 18.2 Å². The summed E-state index contributed by atoms with van der Waals surface area (Å²) in [7, 11) is 1.31. The molecule has 0 aliphatic heterocycles. The molecule has 0 bridgehead atoms. The normalized spacial score (nSPS) is 11.0. The molecular weight excluding hydrogens is 364 g/mol. The number of rotatable bonds is 4. The van der Waals surface area contributed by atoms with Crippen molar-refractivity contribution in [3.63, 3.8) is 0 Å². The van der Waals surface area contributed by atoms with Crippen molar-refractivity contribution in [3.05, 3.63) is 45.7 Å². The highest BCUT2D eigenvalue weighted by atomic mass is 32.1. The summed E-state index contributed by atoms with van der Waals surface area (Å²) in [6.45, 7) is 7.69. The first-order chi connectivity index (χ1) is 12.8. The molecule has 7 nitrogen and oxygen atoms in total. The molecule has 0 saturated heterocycles. The van der Waals surface area contributed by atoms with Crippen LogP contribution in [0.4, 0.5) is 5.13 Å². The number of nitrogens with one attached hydrogen (secondary N) is 1. The van der Waals surface area contributed by atoms with Crippen molar-refractivity contribution in [1.29, 1.82) is 0 Å². The zero-order chi connectivity index (χ0) is 19.7. The topological polar surface area (TPSA) is 94.1 Å². The zero-order valence-electron chi connectivity index (χ0n) is 15.8. The summed E-state index contributed by atoms with van der Waals surface area (Å²) < 4.78 is 4.78. The maximum absolute atomic E-state index is 12.6. The highest BCUT2D eigenvalue weighted by Crippen LogP contribution is 2.30. The van der Waals surface area contributed by atoms with Gasteiger partial charge in [0.2, 0.25) is 0 Å². The van der Waals surface area contributed by atoms with Gasteiger partial charge in [-0.15, -0.1) is 11.3 Å². The summed E-state index contributed by atoms with van der Waals surface area (Å²) in [6, 6.07) is 5.16. The van der Waals surface area contributed by atoms with Gasteiger partial charge in [0, 0.05) is 10.4 Å². The summed E-state index contributed by atoms with van der Waals surface area (Å²) in [5.74, 6) is -0.746. The number of carbonyl (C=O) groups excluding carboxylic acids is 2. The fourth-order valence-corrected chi connectivity index (χ4v) is 3.51. The minimum atomic E-state index is -0.512. The van der Waals surface area contributed by atoms with Gasteiger partial charge in [-0.2, -0.15) is 0 Å². The Bertz CT molecular complexity index is 1040. The van der Waals surface area contributed by atoms with Gasteiger partial charge in [0.1, 0.15) is 0 Å². The van der Waals surface area contributed by atoms with Gasteiger partial charge >= 0.3 is 5.97 Å². The van der Waals surface area contributed by atoms with E-state index in [2.05, 4.69) is 20.3 Å². The van der Waals surface area contributed by atoms with Crippen molar-refractivity contribution < 1.29 is 14.3 Å². The lowest BCUT2D eigenvalue weighted by Gasteiger charge is -2.05. The molecule has 0 spiro atoms. The maximum atomic E-state index is 12.6. The van der Waals surface area contributed by atoms with Crippen LogP contribution < -0.4 is 5.32 Å². The van der Waals surface area contributed by atoms with Crippen LogP contribution in [0.1, 0.15) is 56.9 Å². The van der Waals surface area contributed by atoms with Crippen molar-refractivity contribution in [3.8, 4) is 0 Å². The number of ether oxygens (including phenoxy) is 1. The molecule has 3 rings (SSSR count). The van der Waals surface area contributed by atoms with Crippen LogP contribution in [-0.4, -0.2) is 33.9 Å². The van der Waals surface area contributed by atoms with Crippen molar-refractivity contribution in [1.82, 2.24) is 15.0 Å². The molecule has 2 heterocycles. The van der Waals surface area contributed by atoms with Gasteiger partial charge in [0.05, 0.1) is 29.5 Å². The van der Waals surface area contributed by atoms with E-state index < -0.39 is 5.97 Å². The standard InChI is InChI=1S/C19H20N4O3S/c1-9(2)16-15(18(25)26-5)22-19(27-16)23-17(24)12-6-7-13-14(8-12)21-11(4)10(3)20-13/h6-9H,1-5H3,(H,22,23,24). The number of aryl methyl sites for hydroxylation is 2. The molecule has 0 fully saturated rings. The average Bonchev–Trinajstić information content (AvgIpc) is 3.05. The first kappa shape index (κ1) is 18.9. The number of fused-ring (bicyclic) bond motifs is 1. The Kier molecular flexibility index (Phi) is 5.18. The second kappa shape index (κ2) is 7.40. The molecule has 1 aromatic carbocycles. The Morgan fingerprint density at radius 3 is 2.37 bits per heavy atom. The number of benzene rings is 1. The predicted molar refractivity (Wildman–Crippen MR) is 105 cm³/mol. The number of esters is 1. The van der Waals surface area contributed by atoms with Crippen LogP contribution >= 0.6 is 11.3 Å². The molecule has 0 saturated carbocycles. The van der Waals surface area contributed by atoms with E-state index >= 15 is 0 Å². The van der Waals surface area contributed by atoms with Crippen LogP contribution in [0.25, 0.3) is 11.0 Å². The Morgan fingerprint density at radius 2 is 1.74 bits per heavy atom. The SMILES string of the molecule is COC(=O)c1nc(NC(=O)c2ccc3nc(C)c(C)nc3c2)sc1C(C)C. The van der Waals surface area contributed by atoms with Crippen LogP contribution in [0.5, 0.6) is 0 Å². The first-order valence-corrected chi connectivity index (χ1v) is 9.27. The number of carbonyl (C=O) groups is 2. The molecule has 0 aliphatic carbocycles. The molecule has 1 N–H and O–H groups in total. The predicted octanol–water partition coefficient (Wildman–Crippen LogP) is 3.87. The van der Waals surface area contributed by atoms with Crippen molar-refractivity contribution in [2.24, 2.45) is 0 Å². The average molecular weight is 384 g/mol. The molecular formula is C19H20N4O3S. The summed E-state index contributed by atoms with van der Waals surface area (Å²) in [5.41, 5.74) is 3.76. The van der Waals surface area contributed by atoms with Gasteiger partial charge in [-0.05, 0) is 38.0 Å². The first-order valence-electron chi connectivity index (χ1n) is 8.45. The molecule has 0 aliphatic rings. The van der Waals surface area contributed by atoms with Gasteiger partial charge < -0.3 is 4.74 Å². The Hall–Kier alpha value is -2.87. The summed E-state index contributed by atoms with van der Waals surface area (Å²) in [4.78, 5) is 38.5. The van der Waals surface area contributed by atoms with E-state index in [0.717, 1.165) is 21.8 Å². The fraction of sp³-hybridized carbons (Fsp3) is 0.316. The van der Waals surface area contributed by atoms with Crippen LogP contribution in [0, 0.1) is 13.8 Å². The minimum absolute atomic E-state index is 0.0874. The second-order valence-corrected chi connectivity index (χ2v) is 7.46. The minimum Gasteiger partial charge on any atom is -0.464 e. The van der Waals surface area contributed by atoms with E-state index in [1.165, 1.54) is 18.4 Å². The van der Waals surface area contributed by atoms with Gasteiger partial charge in [-0.1, -0.05) is 13.8 Å². The second-order valence-electron chi connectivity index (χ2n) is 6.43. The number of aromatic nitrogens is 3. The number of methoxy groups -OCH3 is 1. The van der Waals surface area contributed by atoms with E-state index in [0.29, 0.717) is 16.2 Å². The number of thiazole rings is 1. The molecule has 1 amide bonds. The summed E-state index contributed by atoms with van der Waals surface area (Å²) in [6.07, 6.45) is 0. The van der Waals surface area contributed by atoms with Crippen molar-refractivity contribution in [2.75, 3.05) is 12.4 Å². The van der Waals surface area contributed by atoms with E-state index in [4.69, 9.17) is 4.74 Å². The molecule has 3 aromatic rings. The smallest absolute Gasteiger partial charge is 0.357 e. The van der Waals surface area contributed by atoms with Gasteiger partial charge in [0.15, 0.2) is 10.8 Å². The number of amides is 1. The molecule has 140 valence electrons. The number of hydrogen-bond acceptors (Lipinski definition) is 7. The molecule has 0 radical (unpaired) electrons. The number of anilines is 1. The van der Waals surface area contributed by atoms with Crippen molar-refractivity contribution in [2.45, 2.75) is 33.6 Å². The quantitative estimate of drug-likeness (QED) is 0.686. The Balaban J connectivity index is 1.90. The maximum Gasteiger partial charge on any atom is 0.357 e. The highest BCUT2D eigenvalue weighted by Gasteiger charge is 2.22. The Labute approximate surface area is 160 Å². The van der Waals surface area contributed by atoms with Crippen LogP contribution in [0.2, 0.25) is 0 Å². The van der Waals surface area contributed by atoms with E-state index in [9.17, 15) is 9.59 Å². The van der Waals surface area contributed by atoms with Crippen molar-refractivity contribution >= 4 is 39.4 Å². The van der Waals surface area contributed by atoms with E-state index in [1.807, 2.05) is 27.7 Å². The van der Waals surface area contributed by atoms with Crippen LogP contribution in [0.3, 0.4) is 0 Å². The monoisotopic (exact) mass is 384 g/mol. The molecule has 2 aromatic heterocycles. The molecule has 0 unspecified atom stereocenters. The third-order valence-corrected chi connectivity index (χ3v) is 5.39. The largest absolute Gasteiger partial charge is 0.464 e. The lowest BCUT2D eigenvalue weighted by atomic mass is 10.1. The third kappa shape index (κ3) is 3.80. The van der Waals surface area contributed by atoms with E-state index in [-0.39, 0.29) is 17.5 Å². The number of hydrogen-bond donors (Lipinski definition) is 1. The third-order valence-electron chi connectivity index (χ3n) is 4.11. The molecule has 27 heavy (non-hydrogen) atoms. The lowest BCUT2D eigenvalue weighted by Crippen LogP contribution is -2.12. The summed E-state index contributed by atoms with van der Waals surface area (Å²) >= 11 is 1.27. The van der Waals surface area contributed by atoms with Crippen LogP contribution in [-0.2, 0) is 4.74 Å². The molecule has 8 heteroatoms. The lowest BCUT2D eigenvalue weighted by molar-refractivity contribution is 0.0593. The summed E-state index contributed by atoms with van der Waals surface area (Å²) in [5, 5.41) is 3.11. The number of nitrogens with zero attached hydrogens (tertiary/aromatic N) is 3. The fourth-order valence-electron chi connectivity index (χ4n) is 2.56. The van der Waals surface area contributed by atoms with Gasteiger partial charge in [-0.25, -0.2) is 19.7 Å². The van der Waals surface area contributed by atoms with E-state index in [1.54, 1.807) is 18.2 Å². The Morgan fingerprint density at radius 1 is 1.07 bits per heavy atom. The highest BCUT2D eigenvalue weighted by molar-refractivity contribution is 7.16. The zero-order valence-corrected chi connectivity index (χ0v) is 16.6. The van der Waals surface area contributed by atoms with Gasteiger partial charge in [0.25, 0.3) is 5.91 Å².